The molecule has 6 nitrogen and oxygen atoms in total. The van der Waals surface area contributed by atoms with Crippen LogP contribution < -0.4 is 5.43 Å². The van der Waals surface area contributed by atoms with Gasteiger partial charge in [0.05, 0.1) is 12.8 Å². The Balaban J connectivity index is 1.37. The molecule has 0 radical (unpaired) electrons. The van der Waals surface area contributed by atoms with E-state index in [1.54, 1.807) is 18.2 Å². The van der Waals surface area contributed by atoms with Gasteiger partial charge in [0.1, 0.15) is 5.75 Å². The average molecular weight is 354 g/mol. The molecular formula is C20H26N4O2. The van der Waals surface area contributed by atoms with E-state index >= 15 is 0 Å². The van der Waals surface area contributed by atoms with Gasteiger partial charge in [0.2, 0.25) is 0 Å². The summed E-state index contributed by atoms with van der Waals surface area (Å²) < 4.78 is 0. The normalized spacial score (nSPS) is 18.8. The van der Waals surface area contributed by atoms with E-state index in [0.29, 0.717) is 12.1 Å². The van der Waals surface area contributed by atoms with Crippen LogP contribution >= 0.6 is 0 Å². The summed E-state index contributed by atoms with van der Waals surface area (Å²) in [6.45, 7) is 5.05. The number of para-hydroxylation sites is 1. The van der Waals surface area contributed by atoms with Crippen molar-refractivity contribution in [2.75, 3.05) is 39.3 Å². The van der Waals surface area contributed by atoms with Gasteiger partial charge in [0.25, 0.3) is 5.91 Å². The van der Waals surface area contributed by atoms with E-state index < -0.39 is 0 Å². The topological polar surface area (TPSA) is 68.2 Å². The minimum Gasteiger partial charge on any atom is -0.507 e. The van der Waals surface area contributed by atoms with E-state index in [1.807, 2.05) is 6.07 Å². The first-order valence-electron chi connectivity index (χ1n) is 9.11. The summed E-state index contributed by atoms with van der Waals surface area (Å²) in [5.74, 6) is 0.00703. The molecule has 0 spiro atoms. The van der Waals surface area contributed by atoms with E-state index in [4.69, 9.17) is 0 Å². The number of phenols is 1. The zero-order valence-corrected chi connectivity index (χ0v) is 15.0. The monoisotopic (exact) mass is 354 g/mol. The molecule has 2 aliphatic rings. The van der Waals surface area contributed by atoms with Crippen molar-refractivity contribution < 1.29 is 9.90 Å². The number of hydrazone groups is 1. The number of rotatable bonds is 6. The average Bonchev–Trinajstić information content (AvgIpc) is 2.66. The lowest BCUT2D eigenvalue weighted by Gasteiger charge is -2.34. The fourth-order valence-corrected chi connectivity index (χ4v) is 3.16. The summed E-state index contributed by atoms with van der Waals surface area (Å²) in [4.78, 5) is 16.6. The Bertz CT molecular complexity index is 704. The molecule has 1 amide bonds. The van der Waals surface area contributed by atoms with E-state index in [9.17, 15) is 9.90 Å². The Morgan fingerprint density at radius 3 is 2.65 bits per heavy atom. The molecule has 3 rings (SSSR count). The van der Waals surface area contributed by atoms with Crippen molar-refractivity contribution in [2.24, 2.45) is 5.10 Å². The lowest BCUT2D eigenvalue weighted by molar-refractivity contribution is -0.122. The SMILES string of the molecule is O=C(CN1CCN(CC2=CCCC=C2)CC1)N/N=C/c1ccccc1O. The molecule has 1 aliphatic carbocycles. The standard InChI is InChI=1S/C20H26N4O2/c25-19-9-5-4-8-18(19)14-21-22-20(26)16-24-12-10-23(11-13-24)15-17-6-2-1-3-7-17/h2,4-9,14,25H,1,3,10-13,15-16H2,(H,22,26)/b21-14+. The second kappa shape index (κ2) is 9.31. The van der Waals surface area contributed by atoms with Crippen molar-refractivity contribution in [1.29, 1.82) is 0 Å². The number of amides is 1. The Labute approximate surface area is 154 Å². The molecule has 0 saturated carbocycles. The highest BCUT2D eigenvalue weighted by Gasteiger charge is 2.19. The van der Waals surface area contributed by atoms with Gasteiger partial charge in [-0.1, -0.05) is 30.4 Å². The number of phenolic OH excluding ortho intramolecular Hbond substituents is 1. The Morgan fingerprint density at radius 2 is 1.92 bits per heavy atom. The maximum atomic E-state index is 12.0. The van der Waals surface area contributed by atoms with Gasteiger partial charge in [-0.05, 0) is 30.5 Å². The van der Waals surface area contributed by atoms with Crippen LogP contribution in [0.4, 0.5) is 0 Å². The number of carbonyl (C=O) groups is 1. The molecule has 0 atom stereocenters. The van der Waals surface area contributed by atoms with E-state index in [1.165, 1.54) is 11.8 Å². The number of carbonyl (C=O) groups excluding carboxylic acids is 1. The molecule has 1 aromatic rings. The number of hydrogen-bond donors (Lipinski definition) is 2. The van der Waals surface area contributed by atoms with Crippen LogP contribution in [-0.4, -0.2) is 66.3 Å². The number of hydrogen-bond acceptors (Lipinski definition) is 5. The number of benzene rings is 1. The van der Waals surface area contributed by atoms with Crippen molar-refractivity contribution in [1.82, 2.24) is 15.2 Å². The van der Waals surface area contributed by atoms with Gasteiger partial charge in [-0.15, -0.1) is 0 Å². The van der Waals surface area contributed by atoms with Crippen LogP contribution in [0.2, 0.25) is 0 Å². The second-order valence-corrected chi connectivity index (χ2v) is 6.66. The Hall–Kier alpha value is -2.44. The number of nitrogens with zero attached hydrogens (tertiary/aromatic N) is 3. The first-order valence-corrected chi connectivity index (χ1v) is 9.11. The van der Waals surface area contributed by atoms with Crippen LogP contribution in [0.15, 0.2) is 53.2 Å². The van der Waals surface area contributed by atoms with Gasteiger partial charge in [0, 0.05) is 38.3 Å². The first kappa shape index (κ1) is 18.4. The zero-order chi connectivity index (χ0) is 18.2. The van der Waals surface area contributed by atoms with E-state index in [-0.39, 0.29) is 11.7 Å². The van der Waals surface area contributed by atoms with Crippen molar-refractivity contribution in [2.45, 2.75) is 12.8 Å². The van der Waals surface area contributed by atoms with Crippen LogP contribution in [0.5, 0.6) is 5.75 Å². The molecule has 6 heteroatoms. The van der Waals surface area contributed by atoms with Crippen LogP contribution in [0, 0.1) is 0 Å². The molecule has 26 heavy (non-hydrogen) atoms. The fourth-order valence-electron chi connectivity index (χ4n) is 3.16. The summed E-state index contributed by atoms with van der Waals surface area (Å²) in [7, 11) is 0. The van der Waals surface area contributed by atoms with Gasteiger partial charge in [-0.25, -0.2) is 5.43 Å². The van der Waals surface area contributed by atoms with Crippen LogP contribution in [0.1, 0.15) is 18.4 Å². The van der Waals surface area contributed by atoms with Crippen molar-refractivity contribution in [3.63, 3.8) is 0 Å². The molecule has 0 aromatic heterocycles. The maximum Gasteiger partial charge on any atom is 0.254 e. The number of allylic oxidation sites excluding steroid dienone is 2. The highest BCUT2D eigenvalue weighted by atomic mass is 16.3. The van der Waals surface area contributed by atoms with Crippen molar-refractivity contribution in [3.05, 3.63) is 53.6 Å². The largest absolute Gasteiger partial charge is 0.507 e. The van der Waals surface area contributed by atoms with Gasteiger partial charge < -0.3 is 5.11 Å². The molecule has 0 bridgehead atoms. The molecule has 1 saturated heterocycles. The zero-order valence-electron chi connectivity index (χ0n) is 15.0. The third kappa shape index (κ3) is 5.54. The second-order valence-electron chi connectivity index (χ2n) is 6.66. The van der Waals surface area contributed by atoms with E-state index in [2.05, 4.69) is 38.6 Å². The van der Waals surface area contributed by atoms with Crippen molar-refractivity contribution >= 4 is 12.1 Å². The molecule has 0 unspecified atom stereocenters. The highest BCUT2D eigenvalue weighted by Crippen LogP contribution is 2.13. The molecule has 1 aliphatic heterocycles. The summed E-state index contributed by atoms with van der Waals surface area (Å²) in [5.41, 5.74) is 4.51. The smallest absolute Gasteiger partial charge is 0.254 e. The summed E-state index contributed by atoms with van der Waals surface area (Å²) in [6.07, 6.45) is 10.5. The first-order chi connectivity index (χ1) is 12.7. The van der Waals surface area contributed by atoms with Crippen LogP contribution in [-0.2, 0) is 4.79 Å². The third-order valence-electron chi connectivity index (χ3n) is 4.64. The number of nitrogens with one attached hydrogen (secondary N) is 1. The lowest BCUT2D eigenvalue weighted by atomic mass is 10.1. The minimum atomic E-state index is -0.136. The van der Waals surface area contributed by atoms with Gasteiger partial charge in [-0.3, -0.25) is 14.6 Å². The predicted molar refractivity (Wildman–Crippen MR) is 103 cm³/mol. The van der Waals surface area contributed by atoms with Gasteiger partial charge in [0.15, 0.2) is 0 Å². The maximum absolute atomic E-state index is 12.0. The summed E-state index contributed by atoms with van der Waals surface area (Å²) >= 11 is 0. The van der Waals surface area contributed by atoms with Gasteiger partial charge >= 0.3 is 0 Å². The van der Waals surface area contributed by atoms with E-state index in [0.717, 1.165) is 45.6 Å². The van der Waals surface area contributed by atoms with Crippen LogP contribution in [0.3, 0.4) is 0 Å². The summed E-state index contributed by atoms with van der Waals surface area (Å²) in [5, 5.41) is 13.6. The highest BCUT2D eigenvalue weighted by molar-refractivity contribution is 5.85. The predicted octanol–water partition coefficient (Wildman–Crippen LogP) is 1.74. The van der Waals surface area contributed by atoms with Crippen molar-refractivity contribution in [3.8, 4) is 5.75 Å². The Kier molecular flexibility index (Phi) is 6.57. The molecule has 1 heterocycles. The molecule has 138 valence electrons. The fraction of sp³-hybridized carbons (Fsp3) is 0.400. The molecule has 2 N–H and O–H groups in total. The lowest BCUT2D eigenvalue weighted by Crippen LogP contribution is -2.49. The quantitative estimate of drug-likeness (QED) is 0.603. The number of piperazine rings is 1. The van der Waals surface area contributed by atoms with Crippen LogP contribution in [0.25, 0.3) is 0 Å². The molecular weight excluding hydrogens is 328 g/mol. The molecule has 1 fully saturated rings. The third-order valence-corrected chi connectivity index (χ3v) is 4.64. The van der Waals surface area contributed by atoms with Gasteiger partial charge in [-0.2, -0.15) is 5.10 Å². The Morgan fingerprint density at radius 1 is 1.15 bits per heavy atom. The molecule has 1 aromatic carbocycles. The summed E-state index contributed by atoms with van der Waals surface area (Å²) in [6, 6.07) is 6.87. The minimum absolute atomic E-state index is 0.136. The number of aromatic hydroxyl groups is 1.